The van der Waals surface area contributed by atoms with E-state index in [2.05, 4.69) is 6.92 Å². The molecule has 0 aliphatic heterocycles. The number of halogens is 2. The second-order valence-corrected chi connectivity index (χ2v) is 6.11. The first-order chi connectivity index (χ1) is 10.9. The molecule has 1 aromatic carbocycles. The van der Waals surface area contributed by atoms with E-state index in [4.69, 9.17) is 32.7 Å². The highest BCUT2D eigenvalue weighted by atomic mass is 35.5. The van der Waals surface area contributed by atoms with Gasteiger partial charge in [0.15, 0.2) is 5.75 Å². The number of esters is 2. The fourth-order valence-electron chi connectivity index (χ4n) is 1.96. The van der Waals surface area contributed by atoms with E-state index in [-0.39, 0.29) is 29.7 Å². The summed E-state index contributed by atoms with van der Waals surface area (Å²) >= 11 is 11.8. The molecular weight excluding hydrogens is 339 g/mol. The number of hydrogen-bond donors (Lipinski definition) is 0. The summed E-state index contributed by atoms with van der Waals surface area (Å²) in [5.41, 5.74) is 0. The predicted octanol–water partition coefficient (Wildman–Crippen LogP) is 5.19. The standard InChI is InChI=1S/C17H22Cl2O4/c1-3-4-5-7-12(2)22-15(20)10-11-16(21)23-14-9-6-8-13(18)17(14)19/h6,8-9,12H,3-5,7,10-11H2,1-2H3. The summed E-state index contributed by atoms with van der Waals surface area (Å²) < 4.78 is 10.3. The van der Waals surface area contributed by atoms with Crippen LogP contribution in [0.5, 0.6) is 5.75 Å². The minimum atomic E-state index is -0.551. The number of carbonyl (C=O) groups is 2. The molecule has 6 heteroatoms. The maximum absolute atomic E-state index is 11.7. The number of ether oxygens (including phenoxy) is 2. The highest BCUT2D eigenvalue weighted by Crippen LogP contribution is 2.31. The van der Waals surface area contributed by atoms with Gasteiger partial charge in [0, 0.05) is 0 Å². The number of unbranched alkanes of at least 4 members (excludes halogenated alkanes) is 2. The molecule has 0 saturated carbocycles. The highest BCUT2D eigenvalue weighted by Gasteiger charge is 2.14. The third-order valence-electron chi connectivity index (χ3n) is 3.22. The second kappa shape index (κ2) is 10.5. The van der Waals surface area contributed by atoms with Crippen molar-refractivity contribution in [3.05, 3.63) is 28.2 Å². The fraction of sp³-hybridized carbons (Fsp3) is 0.529. The molecule has 0 aromatic heterocycles. The van der Waals surface area contributed by atoms with Crippen molar-refractivity contribution in [3.8, 4) is 5.75 Å². The van der Waals surface area contributed by atoms with Crippen molar-refractivity contribution in [1.29, 1.82) is 0 Å². The van der Waals surface area contributed by atoms with E-state index in [0.717, 1.165) is 25.7 Å². The van der Waals surface area contributed by atoms with Crippen molar-refractivity contribution in [3.63, 3.8) is 0 Å². The van der Waals surface area contributed by atoms with Gasteiger partial charge in [-0.25, -0.2) is 0 Å². The lowest BCUT2D eigenvalue weighted by Crippen LogP contribution is -2.17. The Labute approximate surface area is 147 Å². The smallest absolute Gasteiger partial charge is 0.311 e. The Balaban J connectivity index is 2.32. The largest absolute Gasteiger partial charge is 0.463 e. The molecule has 23 heavy (non-hydrogen) atoms. The molecule has 0 saturated heterocycles. The monoisotopic (exact) mass is 360 g/mol. The second-order valence-electron chi connectivity index (χ2n) is 5.32. The molecule has 128 valence electrons. The number of rotatable bonds is 9. The molecule has 0 bridgehead atoms. The van der Waals surface area contributed by atoms with Gasteiger partial charge in [-0.2, -0.15) is 0 Å². The summed E-state index contributed by atoms with van der Waals surface area (Å²) in [5, 5.41) is 0.479. The summed E-state index contributed by atoms with van der Waals surface area (Å²) in [5.74, 6) is -0.765. The van der Waals surface area contributed by atoms with Crippen molar-refractivity contribution in [2.45, 2.75) is 58.5 Å². The van der Waals surface area contributed by atoms with Gasteiger partial charge in [-0.05, 0) is 31.9 Å². The molecule has 0 heterocycles. The van der Waals surface area contributed by atoms with Crippen molar-refractivity contribution in [2.24, 2.45) is 0 Å². The van der Waals surface area contributed by atoms with Crippen molar-refractivity contribution < 1.29 is 19.1 Å². The summed E-state index contributed by atoms with van der Waals surface area (Å²) in [6, 6.07) is 4.77. The van der Waals surface area contributed by atoms with Crippen LogP contribution in [0.4, 0.5) is 0 Å². The lowest BCUT2D eigenvalue weighted by atomic mass is 10.1. The van der Waals surface area contributed by atoms with E-state index in [9.17, 15) is 9.59 Å². The van der Waals surface area contributed by atoms with Crippen LogP contribution in [-0.4, -0.2) is 18.0 Å². The molecule has 0 fully saturated rings. The van der Waals surface area contributed by atoms with Crippen LogP contribution < -0.4 is 4.74 Å². The molecule has 1 atom stereocenters. The molecule has 1 unspecified atom stereocenters. The molecule has 4 nitrogen and oxygen atoms in total. The lowest BCUT2D eigenvalue weighted by molar-refractivity contribution is -0.151. The molecule has 0 radical (unpaired) electrons. The van der Waals surface area contributed by atoms with Crippen LogP contribution in [0.3, 0.4) is 0 Å². The zero-order valence-corrected chi connectivity index (χ0v) is 15.0. The first-order valence-electron chi connectivity index (χ1n) is 7.78. The van der Waals surface area contributed by atoms with E-state index in [0.29, 0.717) is 5.02 Å². The SMILES string of the molecule is CCCCCC(C)OC(=O)CCC(=O)Oc1cccc(Cl)c1Cl. The van der Waals surface area contributed by atoms with Crippen LogP contribution in [0.2, 0.25) is 10.0 Å². The van der Waals surface area contributed by atoms with Crippen LogP contribution in [0.25, 0.3) is 0 Å². The Bertz CT molecular complexity index is 531. The van der Waals surface area contributed by atoms with Crippen molar-refractivity contribution in [2.75, 3.05) is 0 Å². The Morgan fingerprint density at radius 1 is 1.13 bits per heavy atom. The van der Waals surface area contributed by atoms with Crippen LogP contribution in [0, 0.1) is 0 Å². The van der Waals surface area contributed by atoms with Crippen LogP contribution in [0.1, 0.15) is 52.4 Å². The quantitative estimate of drug-likeness (QED) is 0.345. The molecule has 1 aromatic rings. The number of carbonyl (C=O) groups excluding carboxylic acids is 2. The van der Waals surface area contributed by atoms with Crippen molar-refractivity contribution >= 4 is 35.1 Å². The maximum atomic E-state index is 11.7. The van der Waals surface area contributed by atoms with Crippen LogP contribution in [-0.2, 0) is 14.3 Å². The Morgan fingerprint density at radius 3 is 2.52 bits per heavy atom. The van der Waals surface area contributed by atoms with Gasteiger partial charge in [-0.15, -0.1) is 0 Å². The Hall–Kier alpha value is -1.26. The zero-order valence-electron chi connectivity index (χ0n) is 13.4. The van der Waals surface area contributed by atoms with E-state index in [1.165, 1.54) is 0 Å². The summed E-state index contributed by atoms with van der Waals surface area (Å²) in [6.45, 7) is 3.98. The molecule has 0 N–H and O–H groups in total. The third kappa shape index (κ3) is 7.71. The van der Waals surface area contributed by atoms with E-state index in [1.54, 1.807) is 18.2 Å². The minimum Gasteiger partial charge on any atom is -0.463 e. The van der Waals surface area contributed by atoms with E-state index >= 15 is 0 Å². The average Bonchev–Trinajstić information content (AvgIpc) is 2.50. The Morgan fingerprint density at radius 2 is 1.83 bits per heavy atom. The molecule has 0 aliphatic rings. The average molecular weight is 361 g/mol. The minimum absolute atomic E-state index is 0.0187. The molecular formula is C17H22Cl2O4. The van der Waals surface area contributed by atoms with Gasteiger partial charge in [0.2, 0.25) is 0 Å². The maximum Gasteiger partial charge on any atom is 0.311 e. The van der Waals surface area contributed by atoms with Crippen LogP contribution >= 0.6 is 23.2 Å². The highest BCUT2D eigenvalue weighted by molar-refractivity contribution is 6.43. The summed E-state index contributed by atoms with van der Waals surface area (Å²) in [4.78, 5) is 23.4. The molecule has 0 aliphatic carbocycles. The van der Waals surface area contributed by atoms with E-state index < -0.39 is 11.9 Å². The number of hydrogen-bond acceptors (Lipinski definition) is 4. The number of benzene rings is 1. The van der Waals surface area contributed by atoms with Gasteiger partial charge in [0.1, 0.15) is 5.02 Å². The normalized spacial score (nSPS) is 11.8. The van der Waals surface area contributed by atoms with Gasteiger partial charge >= 0.3 is 11.9 Å². The summed E-state index contributed by atoms with van der Waals surface area (Å²) in [7, 11) is 0. The van der Waals surface area contributed by atoms with Gasteiger partial charge < -0.3 is 9.47 Å². The van der Waals surface area contributed by atoms with Gasteiger partial charge in [-0.3, -0.25) is 9.59 Å². The lowest BCUT2D eigenvalue weighted by Gasteiger charge is -2.13. The fourth-order valence-corrected chi connectivity index (χ4v) is 2.30. The third-order valence-corrected chi connectivity index (χ3v) is 4.02. The topological polar surface area (TPSA) is 52.6 Å². The Kier molecular flexibility index (Phi) is 9.03. The molecule has 0 amide bonds. The van der Waals surface area contributed by atoms with Gasteiger partial charge in [-0.1, -0.05) is 49.0 Å². The molecule has 0 spiro atoms. The van der Waals surface area contributed by atoms with E-state index in [1.807, 2.05) is 6.92 Å². The van der Waals surface area contributed by atoms with Gasteiger partial charge in [0.25, 0.3) is 0 Å². The van der Waals surface area contributed by atoms with Crippen molar-refractivity contribution in [1.82, 2.24) is 0 Å². The van der Waals surface area contributed by atoms with Crippen LogP contribution in [0.15, 0.2) is 18.2 Å². The first kappa shape index (κ1) is 19.8. The predicted molar refractivity (Wildman–Crippen MR) is 91.0 cm³/mol. The molecule has 1 rings (SSSR count). The zero-order chi connectivity index (χ0) is 17.2. The first-order valence-corrected chi connectivity index (χ1v) is 8.53. The van der Waals surface area contributed by atoms with Gasteiger partial charge in [0.05, 0.1) is 24.0 Å². The summed E-state index contributed by atoms with van der Waals surface area (Å²) in [6.07, 6.45) is 3.89.